The highest BCUT2D eigenvalue weighted by Gasteiger charge is 2.43. The second-order valence-electron chi connectivity index (χ2n) is 8.69. The highest BCUT2D eigenvalue weighted by Crippen LogP contribution is 2.41. The zero-order valence-electron chi connectivity index (χ0n) is 14.8. The van der Waals surface area contributed by atoms with E-state index in [0.29, 0.717) is 23.9 Å². The van der Waals surface area contributed by atoms with Gasteiger partial charge in [0.1, 0.15) is 0 Å². The van der Waals surface area contributed by atoms with Crippen molar-refractivity contribution in [2.45, 2.75) is 70.4 Å². The number of hydrogen-bond donors (Lipinski definition) is 2. The van der Waals surface area contributed by atoms with Crippen LogP contribution in [0.1, 0.15) is 56.6 Å². The van der Waals surface area contributed by atoms with Crippen molar-refractivity contribution in [3.8, 4) is 0 Å². The normalized spacial score (nSPS) is 38.2. The molecule has 3 N–H and O–H groups in total. The lowest BCUT2D eigenvalue weighted by Gasteiger charge is -2.46. The van der Waals surface area contributed by atoms with E-state index in [0.717, 1.165) is 32.1 Å². The Labute approximate surface area is 145 Å². The van der Waals surface area contributed by atoms with Crippen LogP contribution >= 0.6 is 0 Å². The van der Waals surface area contributed by atoms with E-state index in [2.05, 4.69) is 36.5 Å². The molecule has 0 aromatic heterocycles. The molecule has 3 aliphatic rings. The molecule has 0 heterocycles. The van der Waals surface area contributed by atoms with Gasteiger partial charge < -0.3 is 11.1 Å². The zero-order chi connectivity index (χ0) is 16.7. The highest BCUT2D eigenvalue weighted by atomic mass is 16.2. The quantitative estimate of drug-likeness (QED) is 0.877. The standard InChI is InChI=1S/C21H30N2O/c1-21(10-9-14-5-2-3-6-17(14)13-21)20(24)23-19-15-7-4-8-16(19)12-18(22)11-15/h2-3,5-6,15-16,18-19H,4,7-13,22H2,1H3,(H,23,24). The highest BCUT2D eigenvalue weighted by molar-refractivity contribution is 5.83. The van der Waals surface area contributed by atoms with Crippen LogP contribution in [0.3, 0.4) is 0 Å². The van der Waals surface area contributed by atoms with Crippen LogP contribution in [0.15, 0.2) is 24.3 Å². The Kier molecular flexibility index (Phi) is 4.16. The van der Waals surface area contributed by atoms with E-state index in [1.54, 1.807) is 0 Å². The minimum Gasteiger partial charge on any atom is -0.352 e. The first-order valence-electron chi connectivity index (χ1n) is 9.68. The summed E-state index contributed by atoms with van der Waals surface area (Å²) in [5.41, 5.74) is 8.74. The molecule has 2 bridgehead atoms. The van der Waals surface area contributed by atoms with Crippen molar-refractivity contribution in [1.82, 2.24) is 5.32 Å². The van der Waals surface area contributed by atoms with Gasteiger partial charge in [-0.15, -0.1) is 0 Å². The van der Waals surface area contributed by atoms with Crippen molar-refractivity contribution in [1.29, 1.82) is 0 Å². The van der Waals surface area contributed by atoms with Crippen molar-refractivity contribution in [2.75, 3.05) is 0 Å². The van der Waals surface area contributed by atoms with Gasteiger partial charge in [-0.2, -0.15) is 0 Å². The van der Waals surface area contributed by atoms with E-state index in [1.807, 2.05) is 0 Å². The number of aryl methyl sites for hydroxylation is 1. The van der Waals surface area contributed by atoms with Gasteiger partial charge in [-0.1, -0.05) is 37.6 Å². The molecule has 3 heteroatoms. The Hall–Kier alpha value is -1.35. The number of fused-ring (bicyclic) bond motifs is 3. The number of rotatable bonds is 2. The van der Waals surface area contributed by atoms with Crippen molar-refractivity contribution >= 4 is 5.91 Å². The van der Waals surface area contributed by atoms with Gasteiger partial charge in [0.25, 0.3) is 0 Å². The van der Waals surface area contributed by atoms with E-state index >= 15 is 0 Å². The van der Waals surface area contributed by atoms with Gasteiger partial charge in [-0.25, -0.2) is 0 Å². The number of carbonyl (C=O) groups is 1. The lowest BCUT2D eigenvalue weighted by molar-refractivity contribution is -0.133. The third-order valence-electron chi connectivity index (χ3n) is 6.87. The molecule has 0 saturated heterocycles. The molecule has 1 amide bonds. The van der Waals surface area contributed by atoms with Crippen LogP contribution in [-0.2, 0) is 17.6 Å². The van der Waals surface area contributed by atoms with Gasteiger partial charge >= 0.3 is 0 Å². The van der Waals surface area contributed by atoms with E-state index in [-0.39, 0.29) is 11.3 Å². The van der Waals surface area contributed by atoms with Gasteiger partial charge in [0, 0.05) is 12.1 Å². The van der Waals surface area contributed by atoms with Gasteiger partial charge in [0.2, 0.25) is 5.91 Å². The Balaban J connectivity index is 1.48. The molecule has 0 aliphatic heterocycles. The van der Waals surface area contributed by atoms with Crippen molar-refractivity contribution in [3.05, 3.63) is 35.4 Å². The maximum Gasteiger partial charge on any atom is 0.226 e. The summed E-state index contributed by atoms with van der Waals surface area (Å²) in [7, 11) is 0. The van der Waals surface area contributed by atoms with Gasteiger partial charge in [-0.05, 0) is 67.9 Å². The van der Waals surface area contributed by atoms with Crippen LogP contribution in [0.25, 0.3) is 0 Å². The topological polar surface area (TPSA) is 55.1 Å². The first kappa shape index (κ1) is 16.1. The first-order valence-corrected chi connectivity index (χ1v) is 9.68. The smallest absolute Gasteiger partial charge is 0.226 e. The molecule has 0 radical (unpaired) electrons. The number of carbonyl (C=O) groups excluding carboxylic acids is 1. The fourth-order valence-corrected chi connectivity index (χ4v) is 5.44. The maximum atomic E-state index is 13.2. The summed E-state index contributed by atoms with van der Waals surface area (Å²) in [4.78, 5) is 13.2. The number of benzene rings is 1. The predicted octanol–water partition coefficient (Wildman–Crippen LogP) is 3.20. The number of amides is 1. The SMILES string of the molecule is CC1(C(=O)NC2C3CCCC2CC(N)C3)CCc2ccccc2C1. The maximum absolute atomic E-state index is 13.2. The molecule has 3 atom stereocenters. The second-order valence-corrected chi connectivity index (χ2v) is 8.69. The second kappa shape index (κ2) is 6.18. The monoisotopic (exact) mass is 326 g/mol. The fraction of sp³-hybridized carbons (Fsp3) is 0.667. The van der Waals surface area contributed by atoms with E-state index in [4.69, 9.17) is 5.73 Å². The summed E-state index contributed by atoms with van der Waals surface area (Å²) < 4.78 is 0. The molecule has 3 unspecified atom stereocenters. The minimum atomic E-state index is -0.262. The molecular weight excluding hydrogens is 296 g/mol. The van der Waals surface area contributed by atoms with Crippen molar-refractivity contribution in [2.24, 2.45) is 23.0 Å². The van der Waals surface area contributed by atoms with Gasteiger partial charge in [0.05, 0.1) is 5.41 Å². The molecule has 4 rings (SSSR count). The lowest BCUT2D eigenvalue weighted by Crippen LogP contribution is -2.56. The van der Waals surface area contributed by atoms with Crippen LogP contribution < -0.4 is 11.1 Å². The molecule has 3 aliphatic carbocycles. The summed E-state index contributed by atoms with van der Waals surface area (Å²) in [6, 6.07) is 9.29. The van der Waals surface area contributed by atoms with Crippen LogP contribution in [0.4, 0.5) is 0 Å². The van der Waals surface area contributed by atoms with E-state index in [1.165, 1.54) is 30.4 Å². The molecule has 1 aromatic carbocycles. The number of nitrogens with two attached hydrogens (primary N) is 1. The fourth-order valence-electron chi connectivity index (χ4n) is 5.44. The summed E-state index contributed by atoms with van der Waals surface area (Å²) in [5.74, 6) is 1.46. The third-order valence-corrected chi connectivity index (χ3v) is 6.87. The molecule has 3 nitrogen and oxygen atoms in total. The molecule has 130 valence electrons. The molecule has 0 spiro atoms. The summed E-state index contributed by atoms with van der Waals surface area (Å²) in [5, 5.41) is 3.49. The summed E-state index contributed by atoms with van der Waals surface area (Å²) in [6.45, 7) is 2.16. The average molecular weight is 326 g/mol. The Morgan fingerprint density at radius 3 is 2.54 bits per heavy atom. The number of hydrogen-bond acceptors (Lipinski definition) is 2. The predicted molar refractivity (Wildman–Crippen MR) is 96.5 cm³/mol. The molecule has 1 aromatic rings. The summed E-state index contributed by atoms with van der Waals surface area (Å²) in [6.07, 6.45) is 8.78. The van der Waals surface area contributed by atoms with E-state index < -0.39 is 0 Å². The van der Waals surface area contributed by atoms with E-state index in [9.17, 15) is 4.79 Å². The molecule has 24 heavy (non-hydrogen) atoms. The average Bonchev–Trinajstić information content (AvgIpc) is 2.55. The van der Waals surface area contributed by atoms with Crippen LogP contribution in [0, 0.1) is 17.3 Å². The zero-order valence-corrected chi connectivity index (χ0v) is 14.8. The molecule has 2 fully saturated rings. The number of nitrogens with one attached hydrogen (secondary N) is 1. The van der Waals surface area contributed by atoms with Gasteiger partial charge in [-0.3, -0.25) is 4.79 Å². The summed E-state index contributed by atoms with van der Waals surface area (Å²) >= 11 is 0. The minimum absolute atomic E-state index is 0.262. The first-order chi connectivity index (χ1) is 11.5. The Bertz CT molecular complexity index is 614. The Morgan fingerprint density at radius 2 is 1.83 bits per heavy atom. The Morgan fingerprint density at radius 1 is 1.17 bits per heavy atom. The molecule has 2 saturated carbocycles. The van der Waals surface area contributed by atoms with Crippen LogP contribution in [-0.4, -0.2) is 18.0 Å². The van der Waals surface area contributed by atoms with Crippen LogP contribution in [0.5, 0.6) is 0 Å². The van der Waals surface area contributed by atoms with Crippen molar-refractivity contribution < 1.29 is 4.79 Å². The van der Waals surface area contributed by atoms with Crippen molar-refractivity contribution in [3.63, 3.8) is 0 Å². The molecular formula is C21H30N2O. The largest absolute Gasteiger partial charge is 0.352 e. The lowest BCUT2D eigenvalue weighted by atomic mass is 9.66. The van der Waals surface area contributed by atoms with Crippen LogP contribution in [0.2, 0.25) is 0 Å². The third kappa shape index (κ3) is 2.88. The van der Waals surface area contributed by atoms with Gasteiger partial charge in [0.15, 0.2) is 0 Å².